The van der Waals surface area contributed by atoms with E-state index in [4.69, 9.17) is 0 Å². The van der Waals surface area contributed by atoms with Crippen molar-refractivity contribution in [2.24, 2.45) is 13.0 Å². The van der Waals surface area contributed by atoms with Crippen molar-refractivity contribution in [3.8, 4) is 0 Å². The Morgan fingerprint density at radius 3 is 2.79 bits per heavy atom. The van der Waals surface area contributed by atoms with Crippen molar-refractivity contribution in [1.82, 2.24) is 9.47 Å². The van der Waals surface area contributed by atoms with Crippen LogP contribution in [0.2, 0.25) is 0 Å². The summed E-state index contributed by atoms with van der Waals surface area (Å²) in [5.74, 6) is 0.472. The molecule has 2 aromatic rings. The molecular formula is C16H20N2O. The number of hydrogen-bond acceptors (Lipinski definition) is 2. The molecule has 0 bridgehead atoms. The largest absolute Gasteiger partial charge is 0.347 e. The SMILES string of the molecule is CN(C)CC1CCc2c(c3ccccc3n2C)C1=O. The molecule has 19 heavy (non-hydrogen) atoms. The van der Waals surface area contributed by atoms with Gasteiger partial charge in [-0.05, 0) is 33.0 Å². The fourth-order valence-electron chi connectivity index (χ4n) is 3.27. The maximum absolute atomic E-state index is 12.7. The van der Waals surface area contributed by atoms with Gasteiger partial charge in [-0.3, -0.25) is 4.79 Å². The highest BCUT2D eigenvalue weighted by atomic mass is 16.1. The first-order valence-corrected chi connectivity index (χ1v) is 6.85. The van der Waals surface area contributed by atoms with Crippen LogP contribution < -0.4 is 0 Å². The van der Waals surface area contributed by atoms with Gasteiger partial charge in [0.15, 0.2) is 5.78 Å². The predicted molar refractivity (Wildman–Crippen MR) is 77.6 cm³/mol. The van der Waals surface area contributed by atoms with E-state index >= 15 is 0 Å². The molecule has 0 saturated carbocycles. The number of aromatic nitrogens is 1. The number of para-hydroxylation sites is 1. The summed E-state index contributed by atoms with van der Waals surface area (Å²) in [4.78, 5) is 14.8. The Morgan fingerprint density at radius 2 is 2.05 bits per heavy atom. The van der Waals surface area contributed by atoms with Crippen LogP contribution in [0.5, 0.6) is 0 Å². The molecule has 0 radical (unpaired) electrons. The number of carbonyl (C=O) groups is 1. The van der Waals surface area contributed by atoms with Gasteiger partial charge in [0.1, 0.15) is 0 Å². The normalized spacial score (nSPS) is 19.2. The van der Waals surface area contributed by atoms with Gasteiger partial charge in [0, 0.05) is 41.7 Å². The molecule has 0 aliphatic heterocycles. The fourth-order valence-corrected chi connectivity index (χ4v) is 3.27. The van der Waals surface area contributed by atoms with Crippen molar-refractivity contribution in [1.29, 1.82) is 0 Å². The topological polar surface area (TPSA) is 25.2 Å². The van der Waals surface area contributed by atoms with E-state index in [-0.39, 0.29) is 5.92 Å². The lowest BCUT2D eigenvalue weighted by Gasteiger charge is -2.24. The summed E-state index contributed by atoms with van der Waals surface area (Å²) in [5.41, 5.74) is 3.35. The molecule has 1 atom stereocenters. The Bertz CT molecular complexity index is 639. The van der Waals surface area contributed by atoms with E-state index in [1.54, 1.807) is 0 Å². The molecule has 1 aliphatic rings. The minimum atomic E-state index is 0.147. The maximum atomic E-state index is 12.7. The van der Waals surface area contributed by atoms with Crippen LogP contribution in [0.4, 0.5) is 0 Å². The summed E-state index contributed by atoms with van der Waals surface area (Å²) in [5, 5.41) is 1.12. The molecule has 3 rings (SSSR count). The van der Waals surface area contributed by atoms with Gasteiger partial charge in [0.05, 0.1) is 0 Å². The van der Waals surface area contributed by atoms with E-state index in [0.29, 0.717) is 5.78 Å². The van der Waals surface area contributed by atoms with Crippen LogP contribution in [0, 0.1) is 5.92 Å². The van der Waals surface area contributed by atoms with Crippen LogP contribution in [-0.2, 0) is 13.5 Å². The zero-order valence-electron chi connectivity index (χ0n) is 11.8. The number of benzene rings is 1. The average Bonchev–Trinajstić information content (AvgIpc) is 2.67. The van der Waals surface area contributed by atoms with Crippen LogP contribution in [0.3, 0.4) is 0 Å². The van der Waals surface area contributed by atoms with E-state index < -0.39 is 0 Å². The third-order valence-corrected chi connectivity index (χ3v) is 4.16. The fraction of sp³-hybridized carbons (Fsp3) is 0.438. The lowest BCUT2D eigenvalue weighted by atomic mass is 9.85. The Kier molecular flexibility index (Phi) is 2.94. The number of nitrogens with zero attached hydrogens (tertiary/aromatic N) is 2. The molecule has 0 amide bonds. The smallest absolute Gasteiger partial charge is 0.169 e. The molecule has 0 N–H and O–H groups in total. The number of rotatable bonds is 2. The van der Waals surface area contributed by atoms with E-state index in [1.165, 1.54) is 11.2 Å². The van der Waals surface area contributed by atoms with E-state index in [2.05, 4.69) is 28.6 Å². The van der Waals surface area contributed by atoms with Crippen LogP contribution in [0.1, 0.15) is 22.5 Å². The zero-order valence-corrected chi connectivity index (χ0v) is 11.8. The highest BCUT2D eigenvalue weighted by molar-refractivity contribution is 6.11. The average molecular weight is 256 g/mol. The Labute approximate surface area is 113 Å². The molecule has 1 aromatic carbocycles. The molecule has 3 heteroatoms. The quantitative estimate of drug-likeness (QED) is 0.825. The Balaban J connectivity index is 2.13. The number of fused-ring (bicyclic) bond motifs is 3. The highest BCUT2D eigenvalue weighted by Crippen LogP contribution is 2.33. The minimum absolute atomic E-state index is 0.147. The van der Waals surface area contributed by atoms with Gasteiger partial charge in [0.25, 0.3) is 0 Å². The monoisotopic (exact) mass is 256 g/mol. The van der Waals surface area contributed by atoms with Gasteiger partial charge in [-0.15, -0.1) is 0 Å². The molecule has 0 spiro atoms. The first-order valence-electron chi connectivity index (χ1n) is 6.85. The standard InChI is InChI=1S/C16H20N2O/c1-17(2)10-11-8-9-14-15(16(11)19)12-6-4-5-7-13(12)18(14)3/h4-7,11H,8-10H2,1-3H3. The summed E-state index contributed by atoms with van der Waals surface area (Å²) in [7, 11) is 6.14. The van der Waals surface area contributed by atoms with Crippen LogP contribution in [-0.4, -0.2) is 35.9 Å². The zero-order chi connectivity index (χ0) is 13.6. The molecule has 1 aromatic heterocycles. The molecule has 3 nitrogen and oxygen atoms in total. The highest BCUT2D eigenvalue weighted by Gasteiger charge is 2.31. The van der Waals surface area contributed by atoms with Crippen molar-refractivity contribution < 1.29 is 4.79 Å². The summed E-state index contributed by atoms with van der Waals surface area (Å²) in [6.45, 7) is 0.849. The van der Waals surface area contributed by atoms with E-state index in [9.17, 15) is 4.79 Å². The summed E-state index contributed by atoms with van der Waals surface area (Å²) in [6, 6.07) is 8.23. The van der Waals surface area contributed by atoms with E-state index in [0.717, 1.165) is 30.3 Å². The molecule has 1 unspecified atom stereocenters. The van der Waals surface area contributed by atoms with Crippen molar-refractivity contribution in [2.75, 3.05) is 20.6 Å². The second-order valence-corrected chi connectivity index (χ2v) is 5.76. The van der Waals surface area contributed by atoms with Crippen molar-refractivity contribution in [2.45, 2.75) is 12.8 Å². The molecule has 1 aliphatic carbocycles. The maximum Gasteiger partial charge on any atom is 0.169 e. The second-order valence-electron chi connectivity index (χ2n) is 5.76. The van der Waals surface area contributed by atoms with Crippen LogP contribution in [0.25, 0.3) is 10.9 Å². The third kappa shape index (κ3) is 1.89. The molecule has 0 fully saturated rings. The number of ketones is 1. The number of hydrogen-bond donors (Lipinski definition) is 0. The molecular weight excluding hydrogens is 236 g/mol. The predicted octanol–water partition coefficient (Wildman–Crippen LogP) is 2.49. The third-order valence-electron chi connectivity index (χ3n) is 4.16. The van der Waals surface area contributed by atoms with Crippen LogP contribution >= 0.6 is 0 Å². The first kappa shape index (κ1) is 12.4. The van der Waals surface area contributed by atoms with Crippen molar-refractivity contribution in [3.63, 3.8) is 0 Å². The van der Waals surface area contributed by atoms with Gasteiger partial charge in [-0.2, -0.15) is 0 Å². The second kappa shape index (κ2) is 4.49. The van der Waals surface area contributed by atoms with Gasteiger partial charge >= 0.3 is 0 Å². The minimum Gasteiger partial charge on any atom is -0.347 e. The van der Waals surface area contributed by atoms with E-state index in [1.807, 2.05) is 26.2 Å². The molecule has 100 valence electrons. The Hall–Kier alpha value is -1.61. The van der Waals surface area contributed by atoms with Gasteiger partial charge < -0.3 is 9.47 Å². The summed E-state index contributed by atoms with van der Waals surface area (Å²) >= 11 is 0. The number of carbonyl (C=O) groups excluding carboxylic acids is 1. The lowest BCUT2D eigenvalue weighted by molar-refractivity contribution is 0.0878. The first-order chi connectivity index (χ1) is 9.09. The lowest BCUT2D eigenvalue weighted by Crippen LogP contribution is -2.31. The molecule has 0 saturated heterocycles. The van der Waals surface area contributed by atoms with Crippen LogP contribution in [0.15, 0.2) is 24.3 Å². The van der Waals surface area contributed by atoms with Gasteiger partial charge in [0.2, 0.25) is 0 Å². The number of Topliss-reactive ketones (excluding diaryl/α,β-unsaturated/α-hetero) is 1. The summed E-state index contributed by atoms with van der Waals surface area (Å²) in [6.07, 6.45) is 1.97. The Morgan fingerprint density at radius 1 is 1.32 bits per heavy atom. The molecule has 1 heterocycles. The summed E-state index contributed by atoms with van der Waals surface area (Å²) < 4.78 is 2.19. The van der Waals surface area contributed by atoms with Crippen molar-refractivity contribution in [3.05, 3.63) is 35.5 Å². The van der Waals surface area contributed by atoms with Gasteiger partial charge in [-0.25, -0.2) is 0 Å². The van der Waals surface area contributed by atoms with Crippen molar-refractivity contribution >= 4 is 16.7 Å². The van der Waals surface area contributed by atoms with Gasteiger partial charge in [-0.1, -0.05) is 18.2 Å². The number of aryl methyl sites for hydroxylation is 1.